The van der Waals surface area contributed by atoms with Gasteiger partial charge in [0.05, 0.1) is 16.8 Å². The van der Waals surface area contributed by atoms with Crippen molar-refractivity contribution in [2.75, 3.05) is 5.32 Å². The van der Waals surface area contributed by atoms with E-state index in [1.54, 1.807) is 18.3 Å². The number of rotatable bonds is 3. The first-order valence-electron chi connectivity index (χ1n) is 4.50. The number of nitrogens with zero attached hydrogens (tertiary/aromatic N) is 4. The van der Waals surface area contributed by atoms with Crippen LogP contribution in [0.2, 0.25) is 5.15 Å². The van der Waals surface area contributed by atoms with Gasteiger partial charge in [0.2, 0.25) is 11.0 Å². The summed E-state index contributed by atoms with van der Waals surface area (Å²) in [7, 11) is 0. The predicted molar refractivity (Wildman–Crippen MR) is 61.2 cm³/mol. The third-order valence-electron chi connectivity index (χ3n) is 1.88. The molecule has 0 aromatic carbocycles. The number of halogens is 1. The van der Waals surface area contributed by atoms with Gasteiger partial charge in [0.15, 0.2) is 0 Å². The van der Waals surface area contributed by atoms with Crippen LogP contribution in [0, 0.1) is 10.1 Å². The van der Waals surface area contributed by atoms with Crippen molar-refractivity contribution in [3.8, 4) is 0 Å². The fraction of sp³-hybridized carbons (Fsp3) is 0. The SMILES string of the molecule is O=[N+]([O-])c1c(Cl)ncnc1Nc1cccnc1. The van der Waals surface area contributed by atoms with Gasteiger partial charge in [0.25, 0.3) is 0 Å². The number of nitro groups is 1. The number of hydrogen-bond acceptors (Lipinski definition) is 6. The monoisotopic (exact) mass is 251 g/mol. The van der Waals surface area contributed by atoms with Gasteiger partial charge in [-0.1, -0.05) is 11.6 Å². The fourth-order valence-electron chi connectivity index (χ4n) is 1.18. The van der Waals surface area contributed by atoms with E-state index in [1.165, 1.54) is 6.20 Å². The largest absolute Gasteiger partial charge is 0.348 e. The Morgan fingerprint density at radius 1 is 1.41 bits per heavy atom. The lowest BCUT2D eigenvalue weighted by molar-refractivity contribution is -0.384. The van der Waals surface area contributed by atoms with Crippen LogP contribution in [0.25, 0.3) is 0 Å². The summed E-state index contributed by atoms with van der Waals surface area (Å²) in [6, 6.07) is 3.39. The molecule has 0 radical (unpaired) electrons. The van der Waals surface area contributed by atoms with E-state index in [-0.39, 0.29) is 16.7 Å². The van der Waals surface area contributed by atoms with Crippen LogP contribution in [0.4, 0.5) is 17.2 Å². The van der Waals surface area contributed by atoms with Crippen molar-refractivity contribution in [3.63, 3.8) is 0 Å². The summed E-state index contributed by atoms with van der Waals surface area (Å²) in [6.45, 7) is 0. The molecule has 0 aliphatic heterocycles. The maximum Gasteiger partial charge on any atom is 0.348 e. The minimum Gasteiger partial charge on any atom is -0.333 e. The van der Waals surface area contributed by atoms with Gasteiger partial charge >= 0.3 is 5.69 Å². The molecule has 1 N–H and O–H groups in total. The molecular formula is C9H6ClN5O2. The Kier molecular flexibility index (Phi) is 3.10. The molecule has 0 saturated carbocycles. The second-order valence-electron chi connectivity index (χ2n) is 2.99. The first kappa shape index (κ1) is 11.2. The molecule has 8 heteroatoms. The molecule has 0 fully saturated rings. The van der Waals surface area contributed by atoms with Crippen molar-refractivity contribution in [1.29, 1.82) is 0 Å². The Bertz CT molecular complexity index is 548. The van der Waals surface area contributed by atoms with Crippen molar-refractivity contribution in [2.24, 2.45) is 0 Å². The highest BCUT2D eigenvalue weighted by Crippen LogP contribution is 2.30. The standard InChI is InChI=1S/C9H6ClN5O2/c10-8-7(15(16)17)9(13-5-12-8)14-6-2-1-3-11-4-6/h1-5H,(H,12,13,14). The Balaban J connectivity index is 2.40. The van der Waals surface area contributed by atoms with Gasteiger partial charge in [0.1, 0.15) is 6.33 Å². The van der Waals surface area contributed by atoms with E-state index in [4.69, 9.17) is 11.6 Å². The maximum atomic E-state index is 10.8. The van der Waals surface area contributed by atoms with Crippen molar-refractivity contribution < 1.29 is 4.92 Å². The molecule has 86 valence electrons. The Morgan fingerprint density at radius 2 is 2.24 bits per heavy atom. The van der Waals surface area contributed by atoms with Crippen LogP contribution in [0.3, 0.4) is 0 Å². The van der Waals surface area contributed by atoms with Gasteiger partial charge in [0, 0.05) is 6.20 Å². The van der Waals surface area contributed by atoms with E-state index in [9.17, 15) is 10.1 Å². The maximum absolute atomic E-state index is 10.8. The molecular weight excluding hydrogens is 246 g/mol. The predicted octanol–water partition coefficient (Wildman–Crippen LogP) is 2.18. The minimum absolute atomic E-state index is 0.0306. The van der Waals surface area contributed by atoms with E-state index in [2.05, 4.69) is 20.3 Å². The Labute approximate surface area is 101 Å². The van der Waals surface area contributed by atoms with Crippen LogP contribution in [-0.4, -0.2) is 19.9 Å². The molecule has 7 nitrogen and oxygen atoms in total. The lowest BCUT2D eigenvalue weighted by atomic mass is 10.4. The summed E-state index contributed by atoms with van der Waals surface area (Å²) < 4.78 is 0. The van der Waals surface area contributed by atoms with Gasteiger partial charge in [-0.2, -0.15) is 0 Å². The zero-order valence-corrected chi connectivity index (χ0v) is 9.13. The molecule has 0 saturated heterocycles. The molecule has 2 aromatic heterocycles. The second kappa shape index (κ2) is 4.71. The molecule has 17 heavy (non-hydrogen) atoms. The van der Waals surface area contributed by atoms with Gasteiger partial charge in [-0.05, 0) is 12.1 Å². The van der Waals surface area contributed by atoms with E-state index in [0.29, 0.717) is 5.69 Å². The summed E-state index contributed by atoms with van der Waals surface area (Å²) in [5.41, 5.74) is 0.211. The van der Waals surface area contributed by atoms with Gasteiger partial charge < -0.3 is 5.32 Å². The molecule has 0 atom stereocenters. The summed E-state index contributed by atoms with van der Waals surface area (Å²) in [4.78, 5) is 21.4. The van der Waals surface area contributed by atoms with E-state index in [1.807, 2.05) is 0 Å². The topological polar surface area (TPSA) is 93.8 Å². The fourth-order valence-corrected chi connectivity index (χ4v) is 1.39. The number of pyridine rings is 1. The average molecular weight is 252 g/mol. The van der Waals surface area contributed by atoms with Crippen molar-refractivity contribution in [2.45, 2.75) is 0 Å². The van der Waals surface area contributed by atoms with Crippen molar-refractivity contribution in [1.82, 2.24) is 15.0 Å². The third kappa shape index (κ3) is 2.45. The zero-order chi connectivity index (χ0) is 12.3. The quantitative estimate of drug-likeness (QED) is 0.510. The second-order valence-corrected chi connectivity index (χ2v) is 3.34. The molecule has 2 aromatic rings. The van der Waals surface area contributed by atoms with E-state index in [0.717, 1.165) is 6.33 Å². The molecule has 2 heterocycles. The third-order valence-corrected chi connectivity index (χ3v) is 2.16. The Morgan fingerprint density at radius 3 is 2.88 bits per heavy atom. The average Bonchev–Trinajstić information content (AvgIpc) is 2.30. The van der Waals surface area contributed by atoms with Gasteiger partial charge in [-0.15, -0.1) is 0 Å². The minimum atomic E-state index is -0.638. The first-order valence-corrected chi connectivity index (χ1v) is 4.88. The molecule has 2 rings (SSSR count). The van der Waals surface area contributed by atoms with Crippen molar-refractivity contribution >= 4 is 28.8 Å². The number of hydrogen-bond donors (Lipinski definition) is 1. The summed E-state index contributed by atoms with van der Waals surface area (Å²) in [5, 5.41) is 13.4. The van der Waals surface area contributed by atoms with Crippen LogP contribution in [-0.2, 0) is 0 Å². The zero-order valence-electron chi connectivity index (χ0n) is 8.37. The van der Waals surface area contributed by atoms with Crippen LogP contribution in [0.5, 0.6) is 0 Å². The van der Waals surface area contributed by atoms with Crippen LogP contribution in [0.1, 0.15) is 0 Å². The number of anilines is 2. The van der Waals surface area contributed by atoms with E-state index >= 15 is 0 Å². The highest BCUT2D eigenvalue weighted by atomic mass is 35.5. The summed E-state index contributed by atoms with van der Waals surface area (Å²) in [5.74, 6) is 0.0306. The van der Waals surface area contributed by atoms with Crippen LogP contribution < -0.4 is 5.32 Å². The van der Waals surface area contributed by atoms with Gasteiger partial charge in [-0.25, -0.2) is 9.97 Å². The molecule has 0 unspecified atom stereocenters. The molecule has 0 amide bonds. The number of nitrogens with one attached hydrogen (secondary N) is 1. The number of aromatic nitrogens is 3. The molecule has 0 aliphatic rings. The smallest absolute Gasteiger partial charge is 0.333 e. The lowest BCUT2D eigenvalue weighted by Gasteiger charge is -2.05. The van der Waals surface area contributed by atoms with Crippen molar-refractivity contribution in [3.05, 3.63) is 46.1 Å². The van der Waals surface area contributed by atoms with Crippen LogP contribution >= 0.6 is 11.6 Å². The summed E-state index contributed by atoms with van der Waals surface area (Å²) >= 11 is 5.64. The molecule has 0 aliphatic carbocycles. The summed E-state index contributed by atoms with van der Waals surface area (Å²) in [6.07, 6.45) is 4.25. The highest BCUT2D eigenvalue weighted by molar-refractivity contribution is 6.31. The van der Waals surface area contributed by atoms with E-state index < -0.39 is 4.92 Å². The van der Waals surface area contributed by atoms with Crippen LogP contribution in [0.15, 0.2) is 30.9 Å². The molecule has 0 spiro atoms. The molecule has 0 bridgehead atoms. The normalized spacial score (nSPS) is 9.94. The highest BCUT2D eigenvalue weighted by Gasteiger charge is 2.21. The lowest BCUT2D eigenvalue weighted by Crippen LogP contribution is -2.01. The Hall–Kier alpha value is -2.28. The van der Waals surface area contributed by atoms with Gasteiger partial charge in [-0.3, -0.25) is 15.1 Å². The first-order chi connectivity index (χ1) is 8.18.